The number of benzene rings is 2. The number of rotatable bonds is 2. The summed E-state index contributed by atoms with van der Waals surface area (Å²) in [5.41, 5.74) is 3.41. The molecule has 3 aromatic rings. The second-order valence-corrected chi connectivity index (χ2v) is 13.3. The average molecular weight is 336 g/mol. The van der Waals surface area contributed by atoms with Crippen LogP contribution in [0.4, 0.5) is 0 Å². The summed E-state index contributed by atoms with van der Waals surface area (Å²) in [6, 6.07) is 13.0. The average Bonchev–Trinajstić information content (AvgIpc) is 2.52. The molecule has 3 nitrogen and oxygen atoms in total. The zero-order valence-electron chi connectivity index (χ0n) is 15.4. The van der Waals surface area contributed by atoms with Crippen LogP contribution in [0.2, 0.25) is 19.6 Å². The zero-order valence-corrected chi connectivity index (χ0v) is 16.4. The highest BCUT2D eigenvalue weighted by molar-refractivity contribution is 6.87. The summed E-state index contributed by atoms with van der Waals surface area (Å²) in [4.78, 5) is 13.6. The SMILES string of the molecule is CC(C)(C)c1cc(-c2ncnc([Si](C)(C)C)n2)cc2ccccc12. The Labute approximate surface area is 145 Å². The van der Waals surface area contributed by atoms with Gasteiger partial charge < -0.3 is 0 Å². The van der Waals surface area contributed by atoms with Gasteiger partial charge in [-0.25, -0.2) is 15.0 Å². The van der Waals surface area contributed by atoms with Crippen LogP contribution in [0.5, 0.6) is 0 Å². The molecule has 0 aliphatic rings. The van der Waals surface area contributed by atoms with Crippen molar-refractivity contribution in [1.82, 2.24) is 15.0 Å². The molecule has 1 heterocycles. The third-order valence-electron chi connectivity index (χ3n) is 4.17. The zero-order chi connectivity index (χ0) is 17.5. The number of hydrogen-bond acceptors (Lipinski definition) is 3. The largest absolute Gasteiger partial charge is 0.227 e. The Kier molecular flexibility index (Phi) is 4.04. The highest BCUT2D eigenvalue weighted by atomic mass is 28.3. The third kappa shape index (κ3) is 3.24. The number of nitrogens with zero attached hydrogens (tertiary/aromatic N) is 3. The number of aromatic nitrogens is 3. The van der Waals surface area contributed by atoms with Gasteiger partial charge in [-0.15, -0.1) is 0 Å². The summed E-state index contributed by atoms with van der Waals surface area (Å²) < 4.78 is 0. The fourth-order valence-electron chi connectivity index (χ4n) is 2.86. The fraction of sp³-hybridized carbons (Fsp3) is 0.350. The molecule has 24 heavy (non-hydrogen) atoms. The summed E-state index contributed by atoms with van der Waals surface area (Å²) in [7, 11) is -1.56. The molecule has 0 fully saturated rings. The van der Waals surface area contributed by atoms with Crippen molar-refractivity contribution in [3.05, 3.63) is 48.3 Å². The van der Waals surface area contributed by atoms with E-state index in [2.05, 4.69) is 86.8 Å². The summed E-state index contributed by atoms with van der Waals surface area (Å²) in [5.74, 6) is 0.777. The molecular weight excluding hydrogens is 310 g/mol. The molecule has 4 heteroatoms. The fourth-order valence-corrected chi connectivity index (χ4v) is 3.74. The first kappa shape index (κ1) is 16.8. The van der Waals surface area contributed by atoms with E-state index in [1.807, 2.05) is 0 Å². The third-order valence-corrected chi connectivity index (χ3v) is 5.75. The van der Waals surface area contributed by atoms with Gasteiger partial charge in [-0.1, -0.05) is 64.7 Å². The van der Waals surface area contributed by atoms with E-state index >= 15 is 0 Å². The maximum atomic E-state index is 4.78. The monoisotopic (exact) mass is 335 g/mol. The van der Waals surface area contributed by atoms with Crippen molar-refractivity contribution in [3.63, 3.8) is 0 Å². The Hall–Kier alpha value is -2.07. The molecule has 0 radical (unpaired) electrons. The van der Waals surface area contributed by atoms with Crippen LogP contribution < -0.4 is 5.45 Å². The Morgan fingerprint density at radius 3 is 2.29 bits per heavy atom. The molecule has 0 N–H and O–H groups in total. The molecule has 0 atom stereocenters. The summed E-state index contributed by atoms with van der Waals surface area (Å²) >= 11 is 0. The highest BCUT2D eigenvalue weighted by Gasteiger charge is 2.22. The molecule has 2 aromatic carbocycles. The summed E-state index contributed by atoms with van der Waals surface area (Å²) in [6.45, 7) is 13.5. The predicted molar refractivity (Wildman–Crippen MR) is 104 cm³/mol. The Bertz CT molecular complexity index is 889. The molecule has 0 saturated heterocycles. The van der Waals surface area contributed by atoms with Gasteiger partial charge in [0.05, 0.1) is 0 Å². The molecule has 3 rings (SSSR count). The predicted octanol–water partition coefficient (Wildman–Crippen LogP) is 4.53. The molecule has 0 saturated carbocycles. The molecule has 0 spiro atoms. The van der Waals surface area contributed by atoms with Crippen molar-refractivity contribution in [2.45, 2.75) is 45.8 Å². The standard InChI is InChI=1S/C20H25N3Si/c1-20(2,3)17-12-15(11-14-9-7-8-10-16(14)17)18-21-13-22-19(23-18)24(4,5)6/h7-13H,1-6H3. The van der Waals surface area contributed by atoms with Gasteiger partial charge in [-0.3, -0.25) is 0 Å². The van der Waals surface area contributed by atoms with Crippen molar-refractivity contribution in [3.8, 4) is 11.4 Å². The van der Waals surface area contributed by atoms with E-state index in [1.165, 1.54) is 16.3 Å². The minimum Gasteiger partial charge on any atom is -0.227 e. The van der Waals surface area contributed by atoms with Crippen LogP contribution in [-0.4, -0.2) is 23.0 Å². The molecule has 0 amide bonds. The number of fused-ring (bicyclic) bond motifs is 1. The van der Waals surface area contributed by atoms with Crippen molar-refractivity contribution in [1.29, 1.82) is 0 Å². The van der Waals surface area contributed by atoms with Crippen LogP contribution in [0.15, 0.2) is 42.7 Å². The van der Waals surface area contributed by atoms with Gasteiger partial charge >= 0.3 is 0 Å². The lowest BCUT2D eigenvalue weighted by Crippen LogP contribution is -2.42. The van der Waals surface area contributed by atoms with Crippen LogP contribution in [0.25, 0.3) is 22.2 Å². The lowest BCUT2D eigenvalue weighted by molar-refractivity contribution is 0.596. The van der Waals surface area contributed by atoms with E-state index in [1.54, 1.807) is 6.33 Å². The first-order valence-electron chi connectivity index (χ1n) is 8.39. The van der Waals surface area contributed by atoms with Crippen molar-refractivity contribution < 1.29 is 0 Å². The first-order chi connectivity index (χ1) is 11.2. The maximum absolute atomic E-state index is 4.78. The van der Waals surface area contributed by atoms with E-state index in [-0.39, 0.29) is 5.41 Å². The van der Waals surface area contributed by atoms with Crippen LogP contribution in [0.3, 0.4) is 0 Å². The molecule has 1 aromatic heterocycles. The van der Waals surface area contributed by atoms with Crippen molar-refractivity contribution >= 4 is 24.3 Å². The topological polar surface area (TPSA) is 38.7 Å². The van der Waals surface area contributed by atoms with E-state index < -0.39 is 8.07 Å². The van der Waals surface area contributed by atoms with E-state index in [9.17, 15) is 0 Å². The van der Waals surface area contributed by atoms with E-state index in [0.29, 0.717) is 0 Å². The van der Waals surface area contributed by atoms with Crippen LogP contribution in [-0.2, 0) is 5.41 Å². The Morgan fingerprint density at radius 2 is 1.62 bits per heavy atom. The first-order valence-corrected chi connectivity index (χ1v) is 11.9. The van der Waals surface area contributed by atoms with Gasteiger partial charge in [-0.2, -0.15) is 0 Å². The second kappa shape index (κ2) is 5.78. The lowest BCUT2D eigenvalue weighted by atomic mass is 9.82. The minimum absolute atomic E-state index is 0.0598. The van der Waals surface area contributed by atoms with Crippen LogP contribution in [0.1, 0.15) is 26.3 Å². The molecule has 0 aliphatic heterocycles. The quantitative estimate of drug-likeness (QED) is 0.646. The van der Waals surface area contributed by atoms with Gasteiger partial charge in [0.25, 0.3) is 0 Å². The van der Waals surface area contributed by atoms with E-state index in [0.717, 1.165) is 16.8 Å². The van der Waals surface area contributed by atoms with Gasteiger partial charge in [0.1, 0.15) is 19.8 Å². The van der Waals surface area contributed by atoms with Crippen LogP contribution >= 0.6 is 0 Å². The van der Waals surface area contributed by atoms with Crippen molar-refractivity contribution in [2.75, 3.05) is 0 Å². The second-order valence-electron chi connectivity index (χ2n) is 8.38. The Balaban J connectivity index is 2.25. The minimum atomic E-state index is -1.56. The molecular formula is C20H25N3Si. The summed E-state index contributed by atoms with van der Waals surface area (Å²) in [6.07, 6.45) is 1.65. The van der Waals surface area contributed by atoms with Gasteiger partial charge in [-0.05, 0) is 33.9 Å². The summed E-state index contributed by atoms with van der Waals surface area (Å²) in [5, 5.41) is 2.53. The van der Waals surface area contributed by atoms with Gasteiger partial charge in [0, 0.05) is 5.56 Å². The number of hydrogen-bond donors (Lipinski definition) is 0. The molecule has 0 bridgehead atoms. The normalized spacial score (nSPS) is 12.6. The van der Waals surface area contributed by atoms with Gasteiger partial charge in [0.15, 0.2) is 5.82 Å². The van der Waals surface area contributed by atoms with Gasteiger partial charge in [0.2, 0.25) is 0 Å². The smallest absolute Gasteiger partial charge is 0.162 e. The van der Waals surface area contributed by atoms with E-state index in [4.69, 9.17) is 4.98 Å². The molecule has 0 aliphatic carbocycles. The van der Waals surface area contributed by atoms with Crippen LogP contribution in [0, 0.1) is 0 Å². The lowest BCUT2D eigenvalue weighted by Gasteiger charge is -2.22. The Morgan fingerprint density at radius 1 is 0.917 bits per heavy atom. The molecule has 124 valence electrons. The van der Waals surface area contributed by atoms with Crippen molar-refractivity contribution in [2.24, 2.45) is 0 Å². The maximum Gasteiger partial charge on any atom is 0.162 e. The highest BCUT2D eigenvalue weighted by Crippen LogP contribution is 2.33. The molecule has 0 unspecified atom stereocenters.